The summed E-state index contributed by atoms with van der Waals surface area (Å²) >= 11 is 6.10. The number of rotatable bonds is 5. The summed E-state index contributed by atoms with van der Waals surface area (Å²) in [6, 6.07) is 13.7. The fourth-order valence-electron chi connectivity index (χ4n) is 2.18. The van der Waals surface area contributed by atoms with Gasteiger partial charge in [-0.05, 0) is 48.5 Å². The number of methoxy groups -OCH3 is 2. The van der Waals surface area contributed by atoms with E-state index in [4.69, 9.17) is 25.8 Å². The Bertz CT molecular complexity index is 921. The molecule has 0 unspecified atom stereocenters. The van der Waals surface area contributed by atoms with E-state index >= 15 is 0 Å². The monoisotopic (exact) mass is 358 g/mol. The number of aromatic nitrogens is 2. The van der Waals surface area contributed by atoms with Gasteiger partial charge in [0.2, 0.25) is 5.75 Å². The zero-order valence-electron chi connectivity index (χ0n) is 13.6. The number of ether oxygens (including phenoxy) is 3. The first-order chi connectivity index (χ1) is 12.1. The van der Waals surface area contributed by atoms with E-state index in [0.717, 1.165) is 0 Å². The van der Waals surface area contributed by atoms with Gasteiger partial charge in [-0.1, -0.05) is 11.6 Å². The van der Waals surface area contributed by atoms with Crippen LogP contribution in [0.25, 0.3) is 5.69 Å². The van der Waals surface area contributed by atoms with Crippen LogP contribution in [-0.2, 0) is 0 Å². The molecule has 3 aromatic rings. The Kier molecular flexibility index (Phi) is 4.90. The summed E-state index contributed by atoms with van der Waals surface area (Å²) in [5.74, 6) is 1.83. The van der Waals surface area contributed by atoms with Gasteiger partial charge in [0.05, 0.1) is 26.1 Å². The fourth-order valence-corrected chi connectivity index (χ4v) is 2.34. The molecule has 128 valence electrons. The van der Waals surface area contributed by atoms with Crippen molar-refractivity contribution in [2.45, 2.75) is 0 Å². The zero-order chi connectivity index (χ0) is 17.8. The van der Waals surface area contributed by atoms with Crippen molar-refractivity contribution in [2.24, 2.45) is 0 Å². The van der Waals surface area contributed by atoms with Gasteiger partial charge in [-0.25, -0.2) is 0 Å². The van der Waals surface area contributed by atoms with Gasteiger partial charge in [0.1, 0.15) is 22.3 Å². The van der Waals surface area contributed by atoms with Crippen molar-refractivity contribution in [1.82, 2.24) is 9.78 Å². The molecule has 0 saturated heterocycles. The number of hydrogen-bond donors (Lipinski definition) is 0. The molecule has 1 aromatic heterocycles. The summed E-state index contributed by atoms with van der Waals surface area (Å²) < 4.78 is 17.1. The van der Waals surface area contributed by atoms with Crippen molar-refractivity contribution in [3.05, 3.63) is 70.1 Å². The zero-order valence-corrected chi connectivity index (χ0v) is 14.4. The third kappa shape index (κ3) is 3.59. The highest BCUT2D eigenvalue weighted by atomic mass is 35.5. The van der Waals surface area contributed by atoms with Crippen molar-refractivity contribution < 1.29 is 14.2 Å². The molecule has 7 heteroatoms. The van der Waals surface area contributed by atoms with E-state index in [1.165, 1.54) is 10.9 Å². The second kappa shape index (κ2) is 7.27. The smallest absolute Gasteiger partial charge is 0.316 e. The Hall–Kier alpha value is -2.99. The number of nitrogens with zero attached hydrogens (tertiary/aromatic N) is 2. The molecule has 3 rings (SSSR count). The van der Waals surface area contributed by atoms with Crippen molar-refractivity contribution in [3.8, 4) is 28.7 Å². The van der Waals surface area contributed by atoms with Crippen molar-refractivity contribution >= 4 is 11.6 Å². The maximum absolute atomic E-state index is 12.7. The third-order valence-electron chi connectivity index (χ3n) is 3.49. The molecule has 2 aromatic carbocycles. The lowest BCUT2D eigenvalue weighted by Gasteiger charge is -2.10. The molecule has 0 amide bonds. The molecule has 6 nitrogen and oxygen atoms in total. The topological polar surface area (TPSA) is 62.6 Å². The van der Waals surface area contributed by atoms with E-state index in [-0.39, 0.29) is 10.8 Å². The maximum Gasteiger partial charge on any atom is 0.316 e. The summed E-state index contributed by atoms with van der Waals surface area (Å²) in [4.78, 5) is 12.7. The lowest BCUT2D eigenvalue weighted by atomic mass is 10.3. The summed E-state index contributed by atoms with van der Waals surface area (Å²) in [6.45, 7) is 0. The lowest BCUT2D eigenvalue weighted by Crippen LogP contribution is -2.22. The maximum atomic E-state index is 12.7. The Labute approximate surface area is 149 Å². The predicted molar refractivity (Wildman–Crippen MR) is 94.5 cm³/mol. The molecule has 0 atom stereocenters. The molecule has 0 fully saturated rings. The first-order valence-corrected chi connectivity index (χ1v) is 7.74. The molecule has 0 aliphatic heterocycles. The van der Waals surface area contributed by atoms with Crippen LogP contribution in [0.4, 0.5) is 0 Å². The highest BCUT2D eigenvalue weighted by Gasteiger charge is 2.14. The molecule has 0 radical (unpaired) electrons. The molecule has 0 bridgehead atoms. The van der Waals surface area contributed by atoms with Crippen LogP contribution in [0.3, 0.4) is 0 Å². The summed E-state index contributed by atoms with van der Waals surface area (Å²) in [5, 5.41) is 4.19. The fraction of sp³-hybridized carbons (Fsp3) is 0.111. The number of benzene rings is 2. The summed E-state index contributed by atoms with van der Waals surface area (Å²) in [6.07, 6.45) is 1.37. The first kappa shape index (κ1) is 16.9. The quantitative estimate of drug-likeness (QED) is 0.696. The molecule has 1 heterocycles. The Balaban J connectivity index is 1.97. The Morgan fingerprint density at radius 3 is 1.96 bits per heavy atom. The molecule has 0 aliphatic rings. The van der Waals surface area contributed by atoms with Crippen LogP contribution >= 0.6 is 11.6 Å². The van der Waals surface area contributed by atoms with E-state index in [9.17, 15) is 4.79 Å². The highest BCUT2D eigenvalue weighted by Crippen LogP contribution is 2.27. The van der Waals surface area contributed by atoms with Gasteiger partial charge in [0.15, 0.2) is 0 Å². The lowest BCUT2D eigenvalue weighted by molar-refractivity contribution is 0.412. The largest absolute Gasteiger partial charge is 0.497 e. The van der Waals surface area contributed by atoms with Crippen molar-refractivity contribution in [1.29, 1.82) is 0 Å². The van der Waals surface area contributed by atoms with Gasteiger partial charge in [-0.15, -0.1) is 0 Å². The van der Waals surface area contributed by atoms with E-state index in [2.05, 4.69) is 5.10 Å². The van der Waals surface area contributed by atoms with Crippen molar-refractivity contribution in [3.63, 3.8) is 0 Å². The third-order valence-corrected chi connectivity index (χ3v) is 3.76. The molecule has 0 saturated carbocycles. The van der Waals surface area contributed by atoms with E-state index in [1.807, 2.05) is 0 Å². The minimum atomic E-state index is -0.464. The average molecular weight is 359 g/mol. The summed E-state index contributed by atoms with van der Waals surface area (Å²) in [5.41, 5.74) is 0.107. The van der Waals surface area contributed by atoms with E-state index in [0.29, 0.717) is 22.9 Å². The van der Waals surface area contributed by atoms with Gasteiger partial charge >= 0.3 is 5.56 Å². The Morgan fingerprint density at radius 2 is 1.40 bits per heavy atom. The van der Waals surface area contributed by atoms with E-state index < -0.39 is 5.56 Å². The van der Waals surface area contributed by atoms with Crippen LogP contribution in [0, 0.1) is 0 Å². The minimum Gasteiger partial charge on any atom is -0.497 e. The Morgan fingerprint density at radius 1 is 0.880 bits per heavy atom. The van der Waals surface area contributed by atoms with Gasteiger partial charge < -0.3 is 14.2 Å². The predicted octanol–water partition coefficient (Wildman–Crippen LogP) is 3.70. The molecule has 0 spiro atoms. The van der Waals surface area contributed by atoms with Gasteiger partial charge in [0, 0.05) is 0 Å². The van der Waals surface area contributed by atoms with Crippen LogP contribution in [-0.4, -0.2) is 24.0 Å². The van der Waals surface area contributed by atoms with Gasteiger partial charge in [0.25, 0.3) is 0 Å². The average Bonchev–Trinajstić information content (AvgIpc) is 2.66. The minimum absolute atomic E-state index is 0.00217. The van der Waals surface area contributed by atoms with Crippen LogP contribution in [0.5, 0.6) is 23.0 Å². The molecule has 0 N–H and O–H groups in total. The second-order valence-electron chi connectivity index (χ2n) is 5.01. The molecular formula is C18H15ClN2O4. The standard InChI is InChI=1S/C18H15ClN2O4/c1-23-13-5-3-12(4-6-13)21-18(22)17(16(19)11-20-21)25-15-9-7-14(24-2)8-10-15/h3-11H,1-2H3. The summed E-state index contributed by atoms with van der Waals surface area (Å²) in [7, 11) is 3.14. The first-order valence-electron chi connectivity index (χ1n) is 7.36. The molecule has 0 aliphatic carbocycles. The van der Waals surface area contributed by atoms with Gasteiger partial charge in [-0.3, -0.25) is 4.79 Å². The highest BCUT2D eigenvalue weighted by molar-refractivity contribution is 6.31. The van der Waals surface area contributed by atoms with Gasteiger partial charge in [-0.2, -0.15) is 9.78 Å². The van der Waals surface area contributed by atoms with Crippen LogP contribution in [0.15, 0.2) is 59.5 Å². The van der Waals surface area contributed by atoms with Crippen molar-refractivity contribution in [2.75, 3.05) is 14.2 Å². The molecular weight excluding hydrogens is 344 g/mol. The molecule has 25 heavy (non-hydrogen) atoms. The van der Waals surface area contributed by atoms with Crippen LogP contribution < -0.4 is 19.8 Å². The van der Waals surface area contributed by atoms with Crippen LogP contribution in [0.2, 0.25) is 5.02 Å². The van der Waals surface area contributed by atoms with Crippen LogP contribution in [0.1, 0.15) is 0 Å². The number of halogens is 1. The SMILES string of the molecule is COc1ccc(Oc2c(Cl)cnn(-c3ccc(OC)cc3)c2=O)cc1. The normalized spacial score (nSPS) is 10.4. The van der Waals surface area contributed by atoms with E-state index in [1.54, 1.807) is 62.8 Å². The number of hydrogen-bond acceptors (Lipinski definition) is 5. The second-order valence-corrected chi connectivity index (χ2v) is 5.42.